The fraction of sp³-hybridized carbons (Fsp3) is 0.800. The van der Waals surface area contributed by atoms with Gasteiger partial charge in [0.25, 0.3) is 0 Å². The first-order valence-electron chi connectivity index (χ1n) is 4.79. The summed E-state index contributed by atoms with van der Waals surface area (Å²) in [4.78, 5) is 0. The molecule has 0 radical (unpaired) electrons. The van der Waals surface area contributed by atoms with Gasteiger partial charge in [-0.25, -0.2) is 0 Å². The van der Waals surface area contributed by atoms with E-state index in [1.165, 1.54) is 25.7 Å². The Kier molecular flexibility index (Phi) is 46.6. The van der Waals surface area contributed by atoms with E-state index in [9.17, 15) is 0 Å². The summed E-state index contributed by atoms with van der Waals surface area (Å²) in [5, 5.41) is 0. The van der Waals surface area contributed by atoms with Gasteiger partial charge in [-0.3, -0.25) is 0 Å². The number of hydrogen-bond donors (Lipinski definition) is 0. The van der Waals surface area contributed by atoms with Gasteiger partial charge in [0.1, 0.15) is 0 Å². The first-order valence-corrected chi connectivity index (χ1v) is 19.4. The Morgan fingerprint density at radius 3 is 1.15 bits per heavy atom. The minimum absolute atomic E-state index is 0.170. The summed E-state index contributed by atoms with van der Waals surface area (Å²) >= 11 is 5.06. The Morgan fingerprint density at radius 2 is 1.15 bits per heavy atom. The Labute approximate surface area is 115 Å². The Balaban J connectivity index is -0.000000120. The summed E-state index contributed by atoms with van der Waals surface area (Å²) in [5.41, 5.74) is 0. The molecule has 0 aliphatic carbocycles. The van der Waals surface area contributed by atoms with Gasteiger partial charge in [-0.1, -0.05) is 39.5 Å². The van der Waals surface area contributed by atoms with E-state index >= 15 is 0 Å². The average Bonchev–Trinajstić information content (AvgIpc) is 2.09. The third kappa shape index (κ3) is 54.3. The summed E-state index contributed by atoms with van der Waals surface area (Å²) in [6.45, 7) is 11.7. The van der Waals surface area contributed by atoms with Crippen molar-refractivity contribution in [2.24, 2.45) is 0 Å². The molecule has 0 amide bonds. The predicted octanol–water partition coefficient (Wildman–Crippen LogP) is 5.79. The fourth-order valence-corrected chi connectivity index (χ4v) is 0.500. The predicted molar refractivity (Wildman–Crippen MR) is 77.8 cm³/mol. The van der Waals surface area contributed by atoms with Crippen LogP contribution < -0.4 is 0 Å². The molecule has 0 bridgehead atoms. The monoisotopic (exact) mass is 486 g/mol. The van der Waals surface area contributed by atoms with Crippen LogP contribution in [0.1, 0.15) is 52.4 Å². The van der Waals surface area contributed by atoms with E-state index in [1.807, 2.05) is 0 Å². The van der Waals surface area contributed by atoms with E-state index in [-0.39, 0.29) is 14.9 Å². The molecule has 0 atom stereocenters. The second-order valence-corrected chi connectivity index (χ2v) is 21.4. The van der Waals surface area contributed by atoms with E-state index in [1.54, 1.807) is 0 Å². The second kappa shape index (κ2) is 29.3. The zero-order valence-electron chi connectivity index (χ0n) is 8.91. The van der Waals surface area contributed by atoms with Crippen molar-refractivity contribution < 1.29 is 14.9 Å². The molecule has 0 rings (SSSR count). The number of rotatable bonds is 4. The second-order valence-electron chi connectivity index (χ2n) is 2.49. The van der Waals surface area contributed by atoms with Crippen molar-refractivity contribution in [2.75, 3.05) is 0 Å². The molecule has 0 aliphatic rings. The van der Waals surface area contributed by atoms with Gasteiger partial charge in [-0.2, -0.15) is 12.8 Å². The summed E-state index contributed by atoms with van der Waals surface area (Å²) in [5.74, 6) is 0. The molecule has 13 heavy (non-hydrogen) atoms. The van der Waals surface area contributed by atoms with Crippen LogP contribution in [0.5, 0.6) is 0 Å². The van der Waals surface area contributed by atoms with Crippen molar-refractivity contribution >= 4 is 36.1 Å². The first kappa shape index (κ1) is 20.7. The van der Waals surface area contributed by atoms with Crippen molar-refractivity contribution in [3.05, 3.63) is 13.8 Å². The fourth-order valence-electron chi connectivity index (χ4n) is 0.500. The molecule has 0 unspecified atom stereocenters. The van der Waals surface area contributed by atoms with Crippen LogP contribution >= 0.6 is 36.1 Å². The number of hydrogen-bond acceptors (Lipinski definition) is 0. The van der Waals surface area contributed by atoms with Crippen LogP contribution in [0, 0.1) is 13.8 Å². The molecular weight excluding hydrogens is 465 g/mol. The molecule has 0 aromatic carbocycles. The van der Waals surface area contributed by atoms with Gasteiger partial charge in [0.15, 0.2) is 0 Å². The molecule has 0 heterocycles. The zero-order valence-corrected chi connectivity index (χ0v) is 15.7. The van der Waals surface area contributed by atoms with Gasteiger partial charge >= 0.3 is 50.9 Å². The van der Waals surface area contributed by atoms with E-state index < -0.39 is 0 Å². The number of halogens is 2. The summed E-state index contributed by atoms with van der Waals surface area (Å²) in [6.07, 6.45) is 7.31. The maximum atomic E-state index is 3.68. The maximum absolute atomic E-state index is 3.68. The van der Waals surface area contributed by atoms with Crippen LogP contribution in [0.25, 0.3) is 0 Å². The third-order valence-electron chi connectivity index (χ3n) is 1.21. The Morgan fingerprint density at radius 1 is 0.923 bits per heavy atom. The molecule has 3 heteroatoms. The van der Waals surface area contributed by atoms with Gasteiger partial charge in [0, 0.05) is 0 Å². The molecule has 0 aliphatic heterocycles. The molecule has 0 fully saturated rings. The van der Waals surface area contributed by atoms with Gasteiger partial charge in [0.2, 0.25) is 0 Å². The molecule has 0 aromatic heterocycles. The van der Waals surface area contributed by atoms with E-state index in [2.05, 4.69) is 63.8 Å². The molecular formula is C10H22I2Zr. The third-order valence-corrected chi connectivity index (χ3v) is 1.21. The molecule has 0 spiro atoms. The molecule has 0 aromatic rings. The zero-order chi connectivity index (χ0) is 10.9. The molecule has 0 N–H and O–H groups in total. The van der Waals surface area contributed by atoms with Crippen LogP contribution in [0.2, 0.25) is 0 Å². The van der Waals surface area contributed by atoms with Crippen molar-refractivity contribution in [3.63, 3.8) is 0 Å². The van der Waals surface area contributed by atoms with Crippen LogP contribution in [-0.4, -0.2) is 0 Å². The van der Waals surface area contributed by atoms with Crippen molar-refractivity contribution in [1.82, 2.24) is 0 Å². The summed E-state index contributed by atoms with van der Waals surface area (Å²) in [7, 11) is 0. The summed E-state index contributed by atoms with van der Waals surface area (Å²) < 4.78 is 0. The van der Waals surface area contributed by atoms with Crippen molar-refractivity contribution in [1.29, 1.82) is 0 Å². The van der Waals surface area contributed by atoms with Gasteiger partial charge < -0.3 is 13.8 Å². The summed E-state index contributed by atoms with van der Waals surface area (Å²) in [6, 6.07) is 0. The van der Waals surface area contributed by atoms with Crippen molar-refractivity contribution in [2.45, 2.75) is 52.4 Å². The number of unbranched alkanes of at least 4 members (excludes halogenated alkanes) is 4. The van der Waals surface area contributed by atoms with E-state index in [0.717, 1.165) is 12.8 Å². The molecule has 0 saturated carbocycles. The standard InChI is InChI=1S/2C5H11.2HI.Zr/c2*1-3-5-4-2;;;/h2*1,3-5H2,2H3;2*1H;/q2*-1;;;+4/p-2. The van der Waals surface area contributed by atoms with E-state index in [0.29, 0.717) is 0 Å². The van der Waals surface area contributed by atoms with Crippen LogP contribution in [0.4, 0.5) is 0 Å². The molecule has 0 nitrogen and oxygen atoms in total. The quantitative estimate of drug-likeness (QED) is 0.348. The van der Waals surface area contributed by atoms with Gasteiger partial charge in [0.05, 0.1) is 0 Å². The topological polar surface area (TPSA) is 0 Å². The van der Waals surface area contributed by atoms with E-state index in [4.69, 9.17) is 0 Å². The minimum atomic E-state index is 0.170. The normalized spacial score (nSPS) is 7.23. The first-order chi connectivity index (χ1) is 6.24. The van der Waals surface area contributed by atoms with Crippen LogP contribution in [0.3, 0.4) is 0 Å². The molecule has 80 valence electrons. The van der Waals surface area contributed by atoms with Crippen LogP contribution in [0.15, 0.2) is 0 Å². The van der Waals surface area contributed by atoms with Gasteiger partial charge in [-0.15, -0.1) is 0 Å². The SMILES string of the molecule is [CH2-]CCCC.[CH2-]CCCC.[I][Zr+2][I]. The van der Waals surface area contributed by atoms with Crippen LogP contribution in [-0.2, 0) is 14.9 Å². The Hall–Kier alpha value is 2.34. The van der Waals surface area contributed by atoms with Gasteiger partial charge in [-0.05, 0) is 0 Å². The molecule has 0 saturated heterocycles. The average molecular weight is 487 g/mol. The van der Waals surface area contributed by atoms with Crippen molar-refractivity contribution in [3.8, 4) is 0 Å². The Bertz CT molecular complexity index is 42.2.